The van der Waals surface area contributed by atoms with Crippen molar-refractivity contribution in [3.8, 4) is 5.69 Å². The van der Waals surface area contributed by atoms with E-state index in [1.54, 1.807) is 0 Å². The van der Waals surface area contributed by atoms with Crippen molar-refractivity contribution in [2.75, 3.05) is 0 Å². The van der Waals surface area contributed by atoms with Gasteiger partial charge in [-0.1, -0.05) is 6.07 Å². The molecule has 2 rings (SSSR count). The Morgan fingerprint density at radius 3 is 2.47 bits per heavy atom. The predicted molar refractivity (Wildman–Crippen MR) is 69.4 cm³/mol. The first-order valence-corrected chi connectivity index (χ1v) is 6.50. The van der Waals surface area contributed by atoms with Gasteiger partial charge in [0.15, 0.2) is 6.29 Å². The number of aromatic nitrogens is 2. The summed E-state index contributed by atoms with van der Waals surface area (Å²) in [5, 5.41) is 3.96. The average Bonchev–Trinajstić information content (AvgIpc) is 2.63. The molecule has 0 bridgehead atoms. The van der Waals surface area contributed by atoms with Gasteiger partial charge in [0.1, 0.15) is 9.21 Å². The minimum absolute atomic E-state index is 0.204. The highest BCUT2D eigenvalue weighted by Gasteiger charge is 2.30. The second-order valence-corrected chi connectivity index (χ2v) is 5.08. The lowest BCUT2D eigenvalue weighted by atomic mass is 10.2. The Labute approximate surface area is 122 Å². The van der Waals surface area contributed by atoms with E-state index < -0.39 is 11.7 Å². The van der Waals surface area contributed by atoms with E-state index in [9.17, 15) is 18.0 Å². The van der Waals surface area contributed by atoms with E-state index in [4.69, 9.17) is 0 Å². The molecule has 0 N–H and O–H groups in total. The summed E-state index contributed by atoms with van der Waals surface area (Å²) >= 11 is 6.20. The van der Waals surface area contributed by atoms with E-state index in [0.717, 1.165) is 12.1 Å². The number of carbonyl (C=O) groups excluding carboxylic acids is 1. The monoisotopic (exact) mass is 396 g/mol. The first kappa shape index (κ1) is 14.3. The number of carbonyl (C=O) groups is 1. The highest BCUT2D eigenvalue weighted by atomic mass is 79.9. The van der Waals surface area contributed by atoms with Crippen molar-refractivity contribution >= 4 is 38.1 Å². The van der Waals surface area contributed by atoms with Gasteiger partial charge in [0.05, 0.1) is 16.8 Å². The number of rotatable bonds is 2. The van der Waals surface area contributed by atoms with Crippen LogP contribution in [-0.2, 0) is 6.18 Å². The summed E-state index contributed by atoms with van der Waals surface area (Å²) in [6.07, 6.45) is -3.87. The summed E-state index contributed by atoms with van der Waals surface area (Å²) in [7, 11) is 0. The van der Waals surface area contributed by atoms with Gasteiger partial charge in [-0.2, -0.15) is 18.3 Å². The Morgan fingerprint density at radius 2 is 1.95 bits per heavy atom. The van der Waals surface area contributed by atoms with Crippen LogP contribution in [0.4, 0.5) is 13.2 Å². The van der Waals surface area contributed by atoms with Crippen molar-refractivity contribution in [3.05, 3.63) is 44.6 Å². The molecule has 1 aromatic heterocycles. The minimum Gasteiger partial charge on any atom is -0.298 e. The summed E-state index contributed by atoms with van der Waals surface area (Å²) in [6.45, 7) is 0. The van der Waals surface area contributed by atoms with Gasteiger partial charge in [-0.15, -0.1) is 0 Å². The molecule has 100 valence electrons. The maximum atomic E-state index is 12.6. The van der Waals surface area contributed by atoms with Crippen molar-refractivity contribution in [3.63, 3.8) is 0 Å². The third-order valence-electron chi connectivity index (χ3n) is 2.35. The molecule has 0 aliphatic carbocycles. The smallest absolute Gasteiger partial charge is 0.298 e. The van der Waals surface area contributed by atoms with Crippen molar-refractivity contribution in [2.45, 2.75) is 6.18 Å². The Kier molecular flexibility index (Phi) is 3.82. The molecule has 8 heteroatoms. The van der Waals surface area contributed by atoms with Gasteiger partial charge in [0.2, 0.25) is 0 Å². The van der Waals surface area contributed by atoms with Gasteiger partial charge in [-0.05, 0) is 50.1 Å². The van der Waals surface area contributed by atoms with Crippen LogP contribution in [0.1, 0.15) is 15.9 Å². The van der Waals surface area contributed by atoms with Crippen LogP contribution in [0.15, 0.2) is 33.5 Å². The largest absolute Gasteiger partial charge is 0.416 e. The first-order chi connectivity index (χ1) is 8.84. The van der Waals surface area contributed by atoms with E-state index in [-0.39, 0.29) is 20.5 Å². The summed E-state index contributed by atoms with van der Waals surface area (Å²) in [6, 6.07) is 4.67. The van der Waals surface area contributed by atoms with Gasteiger partial charge in [0, 0.05) is 0 Å². The molecular formula is C11H5Br2F3N2O. The average molecular weight is 398 g/mol. The van der Waals surface area contributed by atoms with Crippen molar-refractivity contribution in [2.24, 2.45) is 0 Å². The van der Waals surface area contributed by atoms with E-state index >= 15 is 0 Å². The lowest BCUT2D eigenvalue weighted by Crippen LogP contribution is -2.06. The molecule has 0 radical (unpaired) electrons. The molecule has 0 saturated heterocycles. The third kappa shape index (κ3) is 2.74. The minimum atomic E-state index is -4.43. The van der Waals surface area contributed by atoms with E-state index in [1.165, 1.54) is 16.8 Å². The first-order valence-electron chi connectivity index (χ1n) is 4.91. The molecule has 0 fully saturated rings. The van der Waals surface area contributed by atoms with Crippen molar-refractivity contribution in [1.29, 1.82) is 0 Å². The SMILES string of the molecule is O=Cc1c(Br)nn(-c2cccc(C(F)(F)F)c2)c1Br. The van der Waals surface area contributed by atoms with Crippen LogP contribution < -0.4 is 0 Å². The number of halogens is 5. The number of hydrogen-bond acceptors (Lipinski definition) is 2. The van der Waals surface area contributed by atoms with Crippen LogP contribution in [0, 0.1) is 0 Å². The van der Waals surface area contributed by atoms with Gasteiger partial charge < -0.3 is 0 Å². The van der Waals surface area contributed by atoms with Crippen molar-refractivity contribution < 1.29 is 18.0 Å². The highest BCUT2D eigenvalue weighted by Crippen LogP contribution is 2.32. The fourth-order valence-corrected chi connectivity index (χ4v) is 2.74. The van der Waals surface area contributed by atoms with Gasteiger partial charge in [-0.3, -0.25) is 4.79 Å². The summed E-state index contributed by atoms with van der Waals surface area (Å²) in [5.41, 5.74) is -0.343. The molecule has 0 spiro atoms. The summed E-state index contributed by atoms with van der Waals surface area (Å²) in [4.78, 5) is 10.8. The lowest BCUT2D eigenvalue weighted by molar-refractivity contribution is -0.137. The lowest BCUT2D eigenvalue weighted by Gasteiger charge is -2.09. The third-order valence-corrected chi connectivity index (χ3v) is 3.70. The summed E-state index contributed by atoms with van der Waals surface area (Å²) in [5.74, 6) is 0. The molecule has 0 aliphatic rings. The molecule has 3 nitrogen and oxygen atoms in total. The number of nitrogens with zero attached hydrogens (tertiary/aromatic N) is 2. The molecule has 0 unspecified atom stereocenters. The maximum Gasteiger partial charge on any atom is 0.416 e. The van der Waals surface area contributed by atoms with Crippen LogP contribution in [0.25, 0.3) is 5.69 Å². The fraction of sp³-hybridized carbons (Fsp3) is 0.0909. The zero-order valence-electron chi connectivity index (χ0n) is 9.08. The highest BCUT2D eigenvalue weighted by molar-refractivity contribution is 9.11. The predicted octanol–water partition coefficient (Wildman–Crippen LogP) is 4.23. The summed E-state index contributed by atoms with van der Waals surface area (Å²) < 4.78 is 39.6. The number of hydrogen-bond donors (Lipinski definition) is 0. The Balaban J connectivity index is 2.57. The van der Waals surface area contributed by atoms with Gasteiger partial charge >= 0.3 is 6.18 Å². The van der Waals surface area contributed by atoms with E-state index in [0.29, 0.717) is 6.29 Å². The molecule has 0 aliphatic heterocycles. The Hall–Kier alpha value is -1.15. The number of alkyl halides is 3. The second-order valence-electron chi connectivity index (χ2n) is 3.57. The zero-order chi connectivity index (χ0) is 14.2. The second kappa shape index (κ2) is 5.09. The van der Waals surface area contributed by atoms with Crippen LogP contribution in [0.2, 0.25) is 0 Å². The number of aldehydes is 1. The quantitative estimate of drug-likeness (QED) is 0.711. The van der Waals surface area contributed by atoms with Gasteiger partial charge in [0.25, 0.3) is 0 Å². The maximum absolute atomic E-state index is 12.6. The van der Waals surface area contributed by atoms with E-state index in [1.807, 2.05) is 0 Å². The Bertz CT molecular complexity index is 637. The van der Waals surface area contributed by atoms with Crippen LogP contribution in [0.5, 0.6) is 0 Å². The molecule has 2 aromatic rings. The van der Waals surface area contributed by atoms with E-state index in [2.05, 4.69) is 37.0 Å². The number of benzene rings is 1. The Morgan fingerprint density at radius 1 is 1.26 bits per heavy atom. The zero-order valence-corrected chi connectivity index (χ0v) is 12.3. The molecule has 1 heterocycles. The normalized spacial score (nSPS) is 11.6. The van der Waals surface area contributed by atoms with Crippen LogP contribution >= 0.6 is 31.9 Å². The van der Waals surface area contributed by atoms with Gasteiger partial charge in [-0.25, -0.2) is 4.68 Å². The fourth-order valence-electron chi connectivity index (χ4n) is 1.47. The van der Waals surface area contributed by atoms with Crippen LogP contribution in [-0.4, -0.2) is 16.1 Å². The van der Waals surface area contributed by atoms with Crippen LogP contribution in [0.3, 0.4) is 0 Å². The molecule has 0 saturated carbocycles. The standard InChI is InChI=1S/C11H5Br2F3N2O/c12-9-8(5-19)10(13)18(17-9)7-3-1-2-6(4-7)11(14,15)16/h1-5H. The molecular weight excluding hydrogens is 393 g/mol. The van der Waals surface area contributed by atoms with Crippen molar-refractivity contribution in [1.82, 2.24) is 9.78 Å². The molecule has 19 heavy (non-hydrogen) atoms. The molecule has 1 aromatic carbocycles. The molecule has 0 amide bonds. The topological polar surface area (TPSA) is 34.9 Å². The molecule has 0 atom stereocenters.